The Balaban J connectivity index is 1.25. The molecule has 5 heteroatoms. The van der Waals surface area contributed by atoms with Gasteiger partial charge in [0, 0.05) is 24.1 Å². The first-order valence-electron chi connectivity index (χ1n) is 8.97. The molecule has 2 aromatic carbocycles. The summed E-state index contributed by atoms with van der Waals surface area (Å²) in [6.45, 7) is 0.303. The van der Waals surface area contributed by atoms with Crippen molar-refractivity contribution in [2.45, 2.75) is 24.9 Å². The zero-order valence-corrected chi connectivity index (χ0v) is 14.7. The highest BCUT2D eigenvalue weighted by atomic mass is 16.3. The molecule has 5 nitrogen and oxygen atoms in total. The largest absolute Gasteiger partial charge is 0.464 e. The van der Waals surface area contributed by atoms with Crippen LogP contribution in [0.15, 0.2) is 77.4 Å². The maximum atomic E-state index is 12.1. The summed E-state index contributed by atoms with van der Waals surface area (Å²) in [5, 5.41) is 5.47. The first kappa shape index (κ1) is 17.1. The molecule has 1 fully saturated rings. The fraction of sp³-hybridized carbons (Fsp3) is 0.182. The molecule has 0 saturated heterocycles. The maximum Gasteiger partial charge on any atom is 0.309 e. The number of carbonyl (C=O) groups is 2. The van der Waals surface area contributed by atoms with Gasteiger partial charge in [-0.25, -0.2) is 0 Å². The van der Waals surface area contributed by atoms with Crippen LogP contribution in [0.1, 0.15) is 23.5 Å². The summed E-state index contributed by atoms with van der Waals surface area (Å²) in [6, 6.07) is 21.5. The van der Waals surface area contributed by atoms with E-state index in [2.05, 4.69) is 10.6 Å². The number of rotatable bonds is 5. The molecule has 27 heavy (non-hydrogen) atoms. The molecule has 3 aromatic rings. The lowest BCUT2D eigenvalue weighted by Gasteiger charge is -2.07. The van der Waals surface area contributed by atoms with Gasteiger partial charge in [0.1, 0.15) is 5.76 Å². The highest BCUT2D eigenvalue weighted by Crippen LogP contribution is 2.40. The molecule has 1 saturated carbocycles. The third kappa shape index (κ3) is 4.08. The molecule has 0 bridgehead atoms. The Labute approximate surface area is 157 Å². The number of hydrogen-bond donors (Lipinski definition) is 2. The van der Waals surface area contributed by atoms with Crippen molar-refractivity contribution in [1.82, 2.24) is 10.6 Å². The Bertz CT molecular complexity index is 918. The molecule has 0 unspecified atom stereocenters. The number of nitrogens with one attached hydrogen (secondary N) is 2. The predicted molar refractivity (Wildman–Crippen MR) is 102 cm³/mol. The summed E-state index contributed by atoms with van der Waals surface area (Å²) in [5.74, 6) is -0.0890. The van der Waals surface area contributed by atoms with Gasteiger partial charge in [-0.15, -0.1) is 0 Å². The van der Waals surface area contributed by atoms with E-state index in [1.807, 2.05) is 66.7 Å². The molecule has 1 aliphatic carbocycles. The van der Waals surface area contributed by atoms with Crippen LogP contribution in [0, 0.1) is 0 Å². The number of carbonyl (C=O) groups excluding carboxylic acids is 2. The van der Waals surface area contributed by atoms with Crippen molar-refractivity contribution < 1.29 is 14.0 Å². The second kappa shape index (κ2) is 7.50. The van der Waals surface area contributed by atoms with Crippen LogP contribution < -0.4 is 10.6 Å². The minimum Gasteiger partial charge on any atom is -0.464 e. The van der Waals surface area contributed by atoms with E-state index in [9.17, 15) is 9.59 Å². The van der Waals surface area contributed by atoms with Crippen LogP contribution in [0.3, 0.4) is 0 Å². The average molecular weight is 360 g/mol. The summed E-state index contributed by atoms with van der Waals surface area (Å²) in [5.41, 5.74) is 3.08. The van der Waals surface area contributed by atoms with Crippen molar-refractivity contribution in [2.75, 3.05) is 0 Å². The minimum absolute atomic E-state index is 0.0400. The van der Waals surface area contributed by atoms with Gasteiger partial charge in [0.2, 0.25) is 0 Å². The first-order chi connectivity index (χ1) is 13.2. The molecular weight excluding hydrogens is 340 g/mol. The topological polar surface area (TPSA) is 71.3 Å². The fourth-order valence-electron chi connectivity index (χ4n) is 3.15. The van der Waals surface area contributed by atoms with E-state index >= 15 is 0 Å². The Kier molecular flexibility index (Phi) is 4.75. The van der Waals surface area contributed by atoms with E-state index in [-0.39, 0.29) is 6.04 Å². The van der Waals surface area contributed by atoms with E-state index in [0.717, 1.165) is 23.3 Å². The monoisotopic (exact) mass is 360 g/mol. The van der Waals surface area contributed by atoms with Gasteiger partial charge in [-0.2, -0.15) is 0 Å². The summed E-state index contributed by atoms with van der Waals surface area (Å²) < 4.78 is 5.35. The Hall–Kier alpha value is -3.34. The van der Waals surface area contributed by atoms with Gasteiger partial charge in [0.25, 0.3) is 0 Å². The van der Waals surface area contributed by atoms with Gasteiger partial charge in [-0.05, 0) is 29.7 Å². The summed E-state index contributed by atoms with van der Waals surface area (Å²) in [7, 11) is 0. The van der Waals surface area contributed by atoms with Crippen molar-refractivity contribution in [3.8, 4) is 11.3 Å². The average Bonchev–Trinajstić information content (AvgIpc) is 3.25. The third-order valence-electron chi connectivity index (χ3n) is 4.75. The van der Waals surface area contributed by atoms with Crippen LogP contribution >= 0.6 is 0 Å². The van der Waals surface area contributed by atoms with Crippen molar-refractivity contribution >= 4 is 11.8 Å². The minimum atomic E-state index is -0.608. The lowest BCUT2D eigenvalue weighted by atomic mass is 10.1. The molecule has 2 amide bonds. The molecule has 0 aliphatic heterocycles. The zero-order valence-electron chi connectivity index (χ0n) is 14.7. The van der Waals surface area contributed by atoms with Gasteiger partial charge in [0.05, 0.1) is 6.26 Å². The highest BCUT2D eigenvalue weighted by molar-refractivity contribution is 6.35. The fourth-order valence-corrected chi connectivity index (χ4v) is 3.15. The zero-order chi connectivity index (χ0) is 18.6. The number of amides is 2. The van der Waals surface area contributed by atoms with Crippen LogP contribution in [0.25, 0.3) is 11.3 Å². The Morgan fingerprint density at radius 2 is 1.70 bits per heavy atom. The molecule has 0 spiro atoms. The Morgan fingerprint density at radius 3 is 2.41 bits per heavy atom. The van der Waals surface area contributed by atoms with E-state index in [0.29, 0.717) is 12.5 Å². The Morgan fingerprint density at radius 1 is 0.926 bits per heavy atom. The van der Waals surface area contributed by atoms with Crippen molar-refractivity contribution in [1.29, 1.82) is 0 Å². The molecule has 1 aromatic heterocycles. The second-order valence-electron chi connectivity index (χ2n) is 6.69. The third-order valence-corrected chi connectivity index (χ3v) is 4.75. The van der Waals surface area contributed by atoms with Crippen LogP contribution in [-0.2, 0) is 16.1 Å². The molecule has 136 valence electrons. The number of benzene rings is 2. The predicted octanol–water partition coefficient (Wildman–Crippen LogP) is 3.24. The standard InChI is InChI=1S/C22H20N2O3/c25-21(22(26)24-19-13-18(19)16-5-2-1-3-6-16)23-14-15-8-10-17(11-9-15)20-7-4-12-27-20/h1-12,18-19H,13-14H2,(H,23,25)(H,24,26)/t18-,19+/m0/s1. The molecule has 1 aliphatic rings. The van der Waals surface area contributed by atoms with Crippen LogP contribution in [0.5, 0.6) is 0 Å². The quantitative estimate of drug-likeness (QED) is 0.686. The van der Waals surface area contributed by atoms with Crippen LogP contribution in [-0.4, -0.2) is 17.9 Å². The van der Waals surface area contributed by atoms with E-state index < -0.39 is 11.8 Å². The van der Waals surface area contributed by atoms with Crippen molar-refractivity contribution in [3.05, 3.63) is 84.1 Å². The van der Waals surface area contributed by atoms with E-state index in [1.165, 1.54) is 5.56 Å². The number of furan rings is 1. The van der Waals surface area contributed by atoms with Crippen molar-refractivity contribution in [3.63, 3.8) is 0 Å². The van der Waals surface area contributed by atoms with Gasteiger partial charge < -0.3 is 15.1 Å². The lowest BCUT2D eigenvalue weighted by molar-refractivity contribution is -0.139. The van der Waals surface area contributed by atoms with Gasteiger partial charge >= 0.3 is 11.8 Å². The maximum absolute atomic E-state index is 12.1. The highest BCUT2D eigenvalue weighted by Gasteiger charge is 2.40. The molecule has 2 N–H and O–H groups in total. The molecule has 2 atom stereocenters. The first-order valence-corrected chi connectivity index (χ1v) is 8.97. The molecular formula is C22H20N2O3. The van der Waals surface area contributed by atoms with E-state index in [1.54, 1.807) is 6.26 Å². The molecule has 4 rings (SSSR count). The molecule has 1 heterocycles. The summed E-state index contributed by atoms with van der Waals surface area (Å²) in [4.78, 5) is 24.1. The lowest BCUT2D eigenvalue weighted by Crippen LogP contribution is -2.40. The van der Waals surface area contributed by atoms with Gasteiger partial charge in [-0.3, -0.25) is 9.59 Å². The SMILES string of the molecule is O=C(NCc1ccc(-c2ccco2)cc1)C(=O)N[C@@H]1C[C@H]1c1ccccc1. The summed E-state index contributed by atoms with van der Waals surface area (Å²) in [6.07, 6.45) is 2.50. The van der Waals surface area contributed by atoms with Crippen molar-refractivity contribution in [2.24, 2.45) is 0 Å². The second-order valence-corrected chi connectivity index (χ2v) is 6.69. The van der Waals surface area contributed by atoms with E-state index in [4.69, 9.17) is 4.42 Å². The van der Waals surface area contributed by atoms with Gasteiger partial charge in [-0.1, -0.05) is 54.6 Å². The smallest absolute Gasteiger partial charge is 0.309 e. The summed E-state index contributed by atoms with van der Waals surface area (Å²) >= 11 is 0. The normalized spacial score (nSPS) is 17.9. The molecule has 0 radical (unpaired) electrons. The van der Waals surface area contributed by atoms with Crippen LogP contribution in [0.2, 0.25) is 0 Å². The van der Waals surface area contributed by atoms with Crippen LogP contribution in [0.4, 0.5) is 0 Å². The van der Waals surface area contributed by atoms with Gasteiger partial charge in [0.15, 0.2) is 0 Å². The number of hydrogen-bond acceptors (Lipinski definition) is 3.